The summed E-state index contributed by atoms with van der Waals surface area (Å²) in [4.78, 5) is 25.8. The van der Waals surface area contributed by atoms with Gasteiger partial charge in [-0.25, -0.2) is 4.98 Å². The number of rotatable bonds is 4. The molecule has 2 aromatic heterocycles. The minimum atomic E-state index is -0.944. The highest BCUT2D eigenvalue weighted by atomic mass is 32.1. The van der Waals surface area contributed by atoms with Crippen LogP contribution in [0.25, 0.3) is 0 Å². The van der Waals surface area contributed by atoms with Gasteiger partial charge in [0.1, 0.15) is 0 Å². The second-order valence-corrected chi connectivity index (χ2v) is 4.07. The first-order valence-corrected chi connectivity index (χ1v) is 5.61. The molecule has 0 saturated carbocycles. The SMILES string of the molecule is Nc1nc(N)nc(Nc2nc(CC(=O)O)cs2)n1. The third-order valence-corrected chi connectivity index (χ3v) is 2.58. The number of aromatic nitrogens is 4. The van der Waals surface area contributed by atoms with Crippen molar-refractivity contribution in [3.63, 3.8) is 0 Å². The van der Waals surface area contributed by atoms with Gasteiger partial charge in [0, 0.05) is 5.38 Å². The van der Waals surface area contributed by atoms with Crippen LogP contribution in [0.2, 0.25) is 0 Å². The van der Waals surface area contributed by atoms with Crippen LogP contribution in [0.3, 0.4) is 0 Å². The van der Waals surface area contributed by atoms with E-state index in [4.69, 9.17) is 16.6 Å². The lowest BCUT2D eigenvalue weighted by atomic mass is 10.3. The largest absolute Gasteiger partial charge is 0.481 e. The molecule has 0 aliphatic rings. The zero-order chi connectivity index (χ0) is 13.1. The Balaban J connectivity index is 2.13. The van der Waals surface area contributed by atoms with Crippen molar-refractivity contribution in [1.29, 1.82) is 0 Å². The van der Waals surface area contributed by atoms with Gasteiger partial charge in [0.2, 0.25) is 17.8 Å². The predicted molar refractivity (Wildman–Crippen MR) is 65.4 cm³/mol. The molecule has 0 spiro atoms. The number of hydrogen-bond donors (Lipinski definition) is 4. The maximum atomic E-state index is 10.5. The van der Waals surface area contributed by atoms with Crippen LogP contribution in [0, 0.1) is 0 Å². The maximum Gasteiger partial charge on any atom is 0.309 e. The van der Waals surface area contributed by atoms with Crippen LogP contribution in [-0.2, 0) is 11.2 Å². The highest BCUT2D eigenvalue weighted by Gasteiger charge is 2.08. The summed E-state index contributed by atoms with van der Waals surface area (Å²) in [6.45, 7) is 0. The van der Waals surface area contributed by atoms with Gasteiger partial charge >= 0.3 is 5.97 Å². The van der Waals surface area contributed by atoms with Gasteiger partial charge in [0.05, 0.1) is 12.1 Å². The van der Waals surface area contributed by atoms with Gasteiger partial charge in [-0.3, -0.25) is 10.1 Å². The van der Waals surface area contributed by atoms with Gasteiger partial charge in [0.15, 0.2) is 5.13 Å². The Morgan fingerprint density at radius 1 is 1.28 bits per heavy atom. The first-order chi connectivity index (χ1) is 8.52. The third kappa shape index (κ3) is 3.01. The van der Waals surface area contributed by atoms with Crippen LogP contribution >= 0.6 is 11.3 Å². The van der Waals surface area contributed by atoms with E-state index in [0.717, 1.165) is 0 Å². The molecule has 0 amide bonds. The molecule has 0 aliphatic heterocycles. The van der Waals surface area contributed by atoms with Gasteiger partial charge in [-0.1, -0.05) is 0 Å². The Kier molecular flexibility index (Phi) is 3.19. The molecule has 0 radical (unpaired) electrons. The molecule has 0 aliphatic carbocycles. The summed E-state index contributed by atoms with van der Waals surface area (Å²) >= 11 is 1.23. The molecule has 0 unspecified atom stereocenters. The quantitative estimate of drug-likeness (QED) is 0.592. The molecular weight excluding hydrogens is 258 g/mol. The number of carbonyl (C=O) groups is 1. The second kappa shape index (κ2) is 4.79. The van der Waals surface area contributed by atoms with Gasteiger partial charge < -0.3 is 16.6 Å². The number of hydrogen-bond acceptors (Lipinski definition) is 9. The van der Waals surface area contributed by atoms with E-state index in [1.54, 1.807) is 5.38 Å². The van der Waals surface area contributed by atoms with Crippen molar-refractivity contribution in [3.8, 4) is 0 Å². The number of nitrogens with one attached hydrogen (secondary N) is 1. The third-order valence-electron chi connectivity index (χ3n) is 1.77. The molecule has 10 heteroatoms. The average Bonchev–Trinajstić information content (AvgIpc) is 2.62. The minimum Gasteiger partial charge on any atom is -0.481 e. The Morgan fingerprint density at radius 3 is 2.56 bits per heavy atom. The molecule has 6 N–H and O–H groups in total. The van der Waals surface area contributed by atoms with Crippen molar-refractivity contribution >= 4 is 40.3 Å². The molecular formula is C8H9N7O2S. The van der Waals surface area contributed by atoms with Crippen molar-refractivity contribution in [2.45, 2.75) is 6.42 Å². The summed E-state index contributed by atoms with van der Waals surface area (Å²) in [5.74, 6) is -0.795. The van der Waals surface area contributed by atoms with E-state index < -0.39 is 5.97 Å². The monoisotopic (exact) mass is 267 g/mol. The topological polar surface area (TPSA) is 153 Å². The van der Waals surface area contributed by atoms with Crippen LogP contribution in [-0.4, -0.2) is 31.0 Å². The van der Waals surface area contributed by atoms with Crippen molar-refractivity contribution in [3.05, 3.63) is 11.1 Å². The fourth-order valence-electron chi connectivity index (χ4n) is 1.16. The summed E-state index contributed by atoms with van der Waals surface area (Å²) in [6, 6.07) is 0. The van der Waals surface area contributed by atoms with Gasteiger partial charge in [0.25, 0.3) is 0 Å². The average molecular weight is 267 g/mol. The number of carboxylic acids is 1. The number of nitrogen functional groups attached to an aromatic ring is 2. The number of nitrogens with zero attached hydrogens (tertiary/aromatic N) is 4. The van der Waals surface area contributed by atoms with E-state index in [1.165, 1.54) is 11.3 Å². The molecule has 2 aromatic rings. The smallest absolute Gasteiger partial charge is 0.309 e. The van der Waals surface area contributed by atoms with Crippen LogP contribution in [0.15, 0.2) is 5.38 Å². The van der Waals surface area contributed by atoms with E-state index in [1.807, 2.05) is 0 Å². The predicted octanol–water partition coefficient (Wildman–Crippen LogP) is -0.137. The molecule has 0 aromatic carbocycles. The van der Waals surface area contributed by atoms with Crippen LogP contribution in [0.1, 0.15) is 5.69 Å². The molecule has 18 heavy (non-hydrogen) atoms. The van der Waals surface area contributed by atoms with E-state index in [0.29, 0.717) is 10.8 Å². The normalized spacial score (nSPS) is 10.2. The Labute approximate surface area is 105 Å². The van der Waals surface area contributed by atoms with Crippen LogP contribution in [0.4, 0.5) is 23.0 Å². The van der Waals surface area contributed by atoms with E-state index in [2.05, 4.69) is 25.3 Å². The van der Waals surface area contributed by atoms with Crippen molar-refractivity contribution in [1.82, 2.24) is 19.9 Å². The summed E-state index contributed by atoms with van der Waals surface area (Å²) in [5, 5.41) is 13.5. The number of nitrogens with two attached hydrogens (primary N) is 2. The molecule has 0 atom stereocenters. The first-order valence-electron chi connectivity index (χ1n) is 4.73. The number of anilines is 4. The fraction of sp³-hybridized carbons (Fsp3) is 0.125. The fourth-order valence-corrected chi connectivity index (χ4v) is 1.87. The second-order valence-electron chi connectivity index (χ2n) is 3.21. The zero-order valence-electron chi connectivity index (χ0n) is 8.99. The summed E-state index contributed by atoms with van der Waals surface area (Å²) in [5.41, 5.74) is 11.3. The van der Waals surface area contributed by atoms with Crippen LogP contribution < -0.4 is 16.8 Å². The lowest BCUT2D eigenvalue weighted by molar-refractivity contribution is -0.136. The lowest BCUT2D eigenvalue weighted by Gasteiger charge is -2.01. The molecule has 2 rings (SSSR count). The molecule has 0 saturated heterocycles. The highest BCUT2D eigenvalue weighted by Crippen LogP contribution is 2.19. The van der Waals surface area contributed by atoms with Crippen molar-refractivity contribution in [2.24, 2.45) is 0 Å². The Hall–Kier alpha value is -2.49. The van der Waals surface area contributed by atoms with Crippen molar-refractivity contribution in [2.75, 3.05) is 16.8 Å². The van der Waals surface area contributed by atoms with Gasteiger partial charge in [-0.15, -0.1) is 11.3 Å². The van der Waals surface area contributed by atoms with Gasteiger partial charge in [-0.05, 0) is 0 Å². The van der Waals surface area contributed by atoms with E-state index >= 15 is 0 Å². The molecule has 94 valence electrons. The number of thiazole rings is 1. The first kappa shape index (κ1) is 12.0. The highest BCUT2D eigenvalue weighted by molar-refractivity contribution is 7.13. The van der Waals surface area contributed by atoms with E-state index in [-0.39, 0.29) is 24.3 Å². The zero-order valence-corrected chi connectivity index (χ0v) is 9.81. The molecule has 0 fully saturated rings. The van der Waals surface area contributed by atoms with Gasteiger partial charge in [-0.2, -0.15) is 15.0 Å². The number of carboxylic acid groups (broad SMARTS) is 1. The summed E-state index contributed by atoms with van der Waals surface area (Å²) in [6.07, 6.45) is -0.139. The standard InChI is InChI=1S/C8H9N7O2S/c9-5-12-6(10)14-7(13-5)15-8-11-3(2-18-8)1-4(16)17/h2H,1H2,(H,16,17)(H5,9,10,11,12,13,14,15). The Morgan fingerprint density at radius 2 is 1.94 bits per heavy atom. The summed E-state index contributed by atoms with van der Waals surface area (Å²) < 4.78 is 0. The Bertz CT molecular complexity index is 564. The molecule has 9 nitrogen and oxygen atoms in total. The molecule has 0 bridgehead atoms. The maximum absolute atomic E-state index is 10.5. The van der Waals surface area contributed by atoms with Crippen molar-refractivity contribution < 1.29 is 9.90 Å². The molecule has 2 heterocycles. The van der Waals surface area contributed by atoms with E-state index in [9.17, 15) is 4.79 Å². The number of aliphatic carboxylic acids is 1. The minimum absolute atomic E-state index is 0.00712. The van der Waals surface area contributed by atoms with Crippen LogP contribution in [0.5, 0.6) is 0 Å². The summed E-state index contributed by atoms with van der Waals surface area (Å²) in [7, 11) is 0. The lowest BCUT2D eigenvalue weighted by Crippen LogP contribution is -2.06.